The standard InChI is InChI=1S/C16H20F3NO5S/c1-10-13(9-20(10)14(21)24-15(2,3)4)25-26(22,23)12-7-5-11(6-8-12)16(17,18)19/h5-8,10,13H,9H2,1-4H3/t10-,13-/m1/s1. The van der Waals surface area contributed by atoms with Crippen LogP contribution < -0.4 is 0 Å². The van der Waals surface area contributed by atoms with Crippen molar-refractivity contribution >= 4 is 16.2 Å². The lowest BCUT2D eigenvalue weighted by Crippen LogP contribution is -2.62. The maximum absolute atomic E-state index is 12.5. The summed E-state index contributed by atoms with van der Waals surface area (Å²) in [5.41, 5.74) is -1.64. The molecular formula is C16H20F3NO5S. The molecule has 1 amide bonds. The number of alkyl halides is 3. The van der Waals surface area contributed by atoms with E-state index in [1.165, 1.54) is 4.90 Å². The first-order valence-corrected chi connectivity index (χ1v) is 9.22. The lowest BCUT2D eigenvalue weighted by molar-refractivity contribution is -0.137. The number of amides is 1. The van der Waals surface area contributed by atoms with Gasteiger partial charge in [0, 0.05) is 0 Å². The molecule has 10 heteroatoms. The molecule has 0 radical (unpaired) electrons. The molecule has 1 aromatic rings. The van der Waals surface area contributed by atoms with Crippen LogP contribution in [0.1, 0.15) is 33.3 Å². The van der Waals surface area contributed by atoms with Crippen molar-refractivity contribution in [2.24, 2.45) is 0 Å². The first-order chi connectivity index (χ1) is 11.7. The Labute approximate surface area is 150 Å². The fourth-order valence-electron chi connectivity index (χ4n) is 2.28. The minimum atomic E-state index is -4.56. The fourth-order valence-corrected chi connectivity index (χ4v) is 3.40. The number of carbonyl (C=O) groups is 1. The Kier molecular flexibility index (Phi) is 5.31. The minimum Gasteiger partial charge on any atom is -0.444 e. The highest BCUT2D eigenvalue weighted by atomic mass is 32.2. The van der Waals surface area contributed by atoms with Crippen molar-refractivity contribution in [1.29, 1.82) is 0 Å². The topological polar surface area (TPSA) is 72.9 Å². The van der Waals surface area contributed by atoms with Gasteiger partial charge >= 0.3 is 12.3 Å². The Morgan fingerprint density at radius 2 is 1.69 bits per heavy atom. The van der Waals surface area contributed by atoms with Crippen LogP contribution in [0.3, 0.4) is 0 Å². The van der Waals surface area contributed by atoms with Gasteiger partial charge in [-0.25, -0.2) is 4.79 Å². The summed E-state index contributed by atoms with van der Waals surface area (Å²) >= 11 is 0. The van der Waals surface area contributed by atoms with Gasteiger partial charge in [-0.1, -0.05) is 0 Å². The minimum absolute atomic E-state index is 0.00987. The van der Waals surface area contributed by atoms with E-state index < -0.39 is 45.7 Å². The van der Waals surface area contributed by atoms with Gasteiger partial charge in [-0.15, -0.1) is 0 Å². The first kappa shape index (κ1) is 20.5. The van der Waals surface area contributed by atoms with Crippen LogP contribution in [-0.2, 0) is 25.2 Å². The SMILES string of the molecule is C[C@@H]1[C@H](OS(=O)(=O)c2ccc(C(F)(F)F)cc2)CN1C(=O)OC(C)(C)C. The van der Waals surface area contributed by atoms with E-state index in [-0.39, 0.29) is 11.4 Å². The van der Waals surface area contributed by atoms with Crippen LogP contribution in [0, 0.1) is 0 Å². The molecule has 0 bridgehead atoms. The second-order valence-electron chi connectivity index (χ2n) is 6.98. The highest BCUT2D eigenvalue weighted by Gasteiger charge is 2.44. The average Bonchev–Trinajstić information content (AvgIpc) is 2.48. The smallest absolute Gasteiger partial charge is 0.416 e. The number of likely N-dealkylation sites (tertiary alicyclic amines) is 1. The van der Waals surface area contributed by atoms with Crippen molar-refractivity contribution < 1.29 is 35.3 Å². The quantitative estimate of drug-likeness (QED) is 0.734. The van der Waals surface area contributed by atoms with Crippen molar-refractivity contribution in [3.05, 3.63) is 29.8 Å². The summed E-state index contributed by atoms with van der Waals surface area (Å²) in [5, 5.41) is 0. The van der Waals surface area contributed by atoms with E-state index in [0.717, 1.165) is 12.1 Å². The van der Waals surface area contributed by atoms with Gasteiger partial charge in [0.05, 0.1) is 23.0 Å². The van der Waals surface area contributed by atoms with E-state index in [1.807, 2.05) is 0 Å². The van der Waals surface area contributed by atoms with E-state index in [9.17, 15) is 26.4 Å². The lowest BCUT2D eigenvalue weighted by Gasteiger charge is -2.45. The molecule has 0 aromatic heterocycles. The van der Waals surface area contributed by atoms with Crippen molar-refractivity contribution in [1.82, 2.24) is 4.90 Å². The van der Waals surface area contributed by atoms with Crippen LogP contribution in [0.5, 0.6) is 0 Å². The molecule has 0 saturated carbocycles. The van der Waals surface area contributed by atoms with Gasteiger partial charge in [-0.2, -0.15) is 21.6 Å². The Hall–Kier alpha value is -1.81. The third-order valence-electron chi connectivity index (χ3n) is 3.75. The largest absolute Gasteiger partial charge is 0.444 e. The third-order valence-corrected chi connectivity index (χ3v) is 5.10. The molecule has 0 unspecified atom stereocenters. The van der Waals surface area contributed by atoms with E-state index >= 15 is 0 Å². The predicted octanol–water partition coefficient (Wildman–Crippen LogP) is 3.42. The van der Waals surface area contributed by atoms with Crippen molar-refractivity contribution in [2.75, 3.05) is 6.54 Å². The lowest BCUT2D eigenvalue weighted by atomic mass is 10.0. The second kappa shape index (κ2) is 6.73. The number of rotatable bonds is 3. The summed E-state index contributed by atoms with van der Waals surface area (Å²) in [4.78, 5) is 12.9. The van der Waals surface area contributed by atoms with E-state index in [4.69, 9.17) is 8.92 Å². The average molecular weight is 395 g/mol. The van der Waals surface area contributed by atoms with Gasteiger partial charge < -0.3 is 9.64 Å². The normalized spacial score (nSPS) is 21.3. The van der Waals surface area contributed by atoms with Gasteiger partial charge in [-0.3, -0.25) is 4.18 Å². The van der Waals surface area contributed by atoms with Gasteiger partial charge in [0.25, 0.3) is 10.1 Å². The third kappa shape index (κ3) is 4.67. The van der Waals surface area contributed by atoms with Crippen molar-refractivity contribution in [3.63, 3.8) is 0 Å². The summed E-state index contributed by atoms with van der Waals surface area (Å²) < 4.78 is 72.3. The zero-order valence-corrected chi connectivity index (χ0v) is 15.5. The molecule has 26 heavy (non-hydrogen) atoms. The number of halogens is 3. The molecule has 0 N–H and O–H groups in total. The number of hydrogen-bond donors (Lipinski definition) is 0. The molecule has 1 saturated heterocycles. The Morgan fingerprint density at radius 1 is 1.15 bits per heavy atom. The molecule has 1 aliphatic heterocycles. The summed E-state index contributed by atoms with van der Waals surface area (Å²) in [6.07, 6.45) is -5.94. The van der Waals surface area contributed by atoms with Crippen molar-refractivity contribution in [3.8, 4) is 0 Å². The molecule has 1 heterocycles. The van der Waals surface area contributed by atoms with Crippen LogP contribution >= 0.6 is 0 Å². The molecule has 0 spiro atoms. The highest BCUT2D eigenvalue weighted by molar-refractivity contribution is 7.86. The molecule has 1 fully saturated rings. The number of benzene rings is 1. The molecule has 2 rings (SSSR count). The number of hydrogen-bond acceptors (Lipinski definition) is 5. The van der Waals surface area contributed by atoms with Gasteiger partial charge in [0.15, 0.2) is 0 Å². The zero-order valence-electron chi connectivity index (χ0n) is 14.7. The molecule has 2 atom stereocenters. The summed E-state index contributed by atoms with van der Waals surface area (Å²) in [7, 11) is -4.25. The van der Waals surface area contributed by atoms with Gasteiger partial charge in [0.1, 0.15) is 11.7 Å². The maximum atomic E-state index is 12.5. The first-order valence-electron chi connectivity index (χ1n) is 7.81. The van der Waals surface area contributed by atoms with E-state index in [2.05, 4.69) is 0 Å². The molecule has 0 aliphatic carbocycles. The number of ether oxygens (including phenoxy) is 1. The van der Waals surface area contributed by atoms with Crippen LogP contribution in [0.4, 0.5) is 18.0 Å². The van der Waals surface area contributed by atoms with Gasteiger partial charge in [-0.05, 0) is 52.0 Å². The van der Waals surface area contributed by atoms with E-state index in [1.54, 1.807) is 27.7 Å². The van der Waals surface area contributed by atoms with Crippen LogP contribution in [0.15, 0.2) is 29.2 Å². The number of carbonyl (C=O) groups excluding carboxylic acids is 1. The molecule has 146 valence electrons. The summed E-state index contributed by atoms with van der Waals surface area (Å²) in [5.74, 6) is 0. The number of nitrogens with zero attached hydrogens (tertiary/aromatic N) is 1. The monoisotopic (exact) mass is 395 g/mol. The summed E-state index contributed by atoms with van der Waals surface area (Å²) in [6.45, 7) is 6.73. The predicted molar refractivity (Wildman–Crippen MR) is 85.9 cm³/mol. The Morgan fingerprint density at radius 3 is 2.12 bits per heavy atom. The van der Waals surface area contributed by atoms with Crippen LogP contribution in [-0.4, -0.2) is 43.7 Å². The summed E-state index contributed by atoms with van der Waals surface area (Å²) in [6, 6.07) is 2.48. The van der Waals surface area contributed by atoms with Crippen LogP contribution in [0.2, 0.25) is 0 Å². The maximum Gasteiger partial charge on any atom is 0.416 e. The molecule has 6 nitrogen and oxygen atoms in total. The molecule has 1 aromatic carbocycles. The fraction of sp³-hybridized carbons (Fsp3) is 0.562. The Balaban J connectivity index is 2.02. The van der Waals surface area contributed by atoms with E-state index in [0.29, 0.717) is 12.1 Å². The Bertz CT molecular complexity index is 769. The molecule has 1 aliphatic rings. The molecular weight excluding hydrogens is 375 g/mol. The van der Waals surface area contributed by atoms with Crippen LogP contribution in [0.25, 0.3) is 0 Å². The van der Waals surface area contributed by atoms with Gasteiger partial charge in [0.2, 0.25) is 0 Å². The second-order valence-corrected chi connectivity index (χ2v) is 8.56. The highest BCUT2D eigenvalue weighted by Crippen LogP contribution is 2.31. The van der Waals surface area contributed by atoms with Crippen molar-refractivity contribution in [2.45, 2.75) is 56.5 Å². The zero-order chi connectivity index (χ0) is 19.9.